The summed E-state index contributed by atoms with van der Waals surface area (Å²) in [4.78, 5) is 14.8. The summed E-state index contributed by atoms with van der Waals surface area (Å²) in [5.41, 5.74) is 6.56. The van der Waals surface area contributed by atoms with Gasteiger partial charge in [-0.2, -0.15) is 13.2 Å². The minimum atomic E-state index is -4.44. The second-order valence-electron chi connectivity index (χ2n) is 9.18. The predicted octanol–water partition coefficient (Wildman–Crippen LogP) is 4.53. The third kappa shape index (κ3) is 6.16. The van der Waals surface area contributed by atoms with Gasteiger partial charge in [0.05, 0.1) is 5.56 Å². The van der Waals surface area contributed by atoms with Gasteiger partial charge in [0, 0.05) is 50.0 Å². The Morgan fingerprint density at radius 1 is 1.16 bits per heavy atom. The number of halogens is 3. The molecule has 1 saturated heterocycles. The van der Waals surface area contributed by atoms with Gasteiger partial charge in [-0.3, -0.25) is 4.79 Å². The van der Waals surface area contributed by atoms with Crippen LogP contribution in [-0.4, -0.2) is 42.6 Å². The van der Waals surface area contributed by atoms with Crippen molar-refractivity contribution in [1.82, 2.24) is 10.2 Å². The van der Waals surface area contributed by atoms with E-state index in [2.05, 4.69) is 19.2 Å². The molecule has 8 heteroatoms. The van der Waals surface area contributed by atoms with E-state index in [0.29, 0.717) is 30.6 Å². The number of hydrogen-bond acceptors (Lipinski definition) is 4. The van der Waals surface area contributed by atoms with Crippen LogP contribution in [0.5, 0.6) is 0 Å². The number of ether oxygens (including phenoxy) is 1. The highest BCUT2D eigenvalue weighted by atomic mass is 19.4. The molecule has 180 valence electrons. The Morgan fingerprint density at radius 2 is 1.84 bits per heavy atom. The number of nitrogens with two attached hydrogens (primary N) is 1. The van der Waals surface area contributed by atoms with Gasteiger partial charge in [-0.05, 0) is 61.8 Å². The van der Waals surface area contributed by atoms with Crippen LogP contribution in [0.25, 0.3) is 0 Å². The van der Waals surface area contributed by atoms with Crippen LogP contribution in [0.4, 0.5) is 18.9 Å². The molecule has 0 spiro atoms. The van der Waals surface area contributed by atoms with Gasteiger partial charge in [0.15, 0.2) is 0 Å². The van der Waals surface area contributed by atoms with Crippen molar-refractivity contribution in [3.8, 4) is 0 Å². The molecule has 0 aromatic heterocycles. The van der Waals surface area contributed by atoms with E-state index in [1.54, 1.807) is 4.90 Å². The fraction of sp³-hybridized carbons (Fsp3) is 0.708. The zero-order valence-corrected chi connectivity index (χ0v) is 19.1. The molecule has 0 radical (unpaired) electrons. The normalized spacial score (nSPS) is 24.0. The minimum absolute atomic E-state index is 0.0583. The molecule has 3 N–H and O–H groups in total. The zero-order valence-electron chi connectivity index (χ0n) is 19.1. The summed E-state index contributed by atoms with van der Waals surface area (Å²) in [7, 11) is 0. The summed E-state index contributed by atoms with van der Waals surface area (Å²) in [6.07, 6.45) is 1.90. The number of amides is 1. The van der Waals surface area contributed by atoms with Crippen LogP contribution < -0.4 is 11.1 Å². The summed E-state index contributed by atoms with van der Waals surface area (Å²) in [6, 6.07) is 2.93. The lowest BCUT2D eigenvalue weighted by atomic mass is 9.94. The maximum atomic E-state index is 13.1. The van der Waals surface area contributed by atoms with Crippen molar-refractivity contribution in [2.75, 3.05) is 25.5 Å². The average molecular weight is 456 g/mol. The Morgan fingerprint density at radius 3 is 2.50 bits per heavy atom. The van der Waals surface area contributed by atoms with Gasteiger partial charge in [-0.25, -0.2) is 0 Å². The van der Waals surface area contributed by atoms with E-state index in [1.807, 2.05) is 0 Å². The molecule has 2 heterocycles. The van der Waals surface area contributed by atoms with Crippen LogP contribution in [-0.2, 0) is 28.7 Å². The van der Waals surface area contributed by atoms with E-state index in [0.717, 1.165) is 63.0 Å². The molecule has 2 aliphatic heterocycles. The van der Waals surface area contributed by atoms with Gasteiger partial charge in [-0.1, -0.05) is 20.3 Å². The van der Waals surface area contributed by atoms with Crippen molar-refractivity contribution >= 4 is 11.6 Å². The molecule has 1 aliphatic carbocycles. The monoisotopic (exact) mass is 455 g/mol. The summed E-state index contributed by atoms with van der Waals surface area (Å²) in [5.74, 6) is -0.0000491. The number of alkyl halides is 3. The summed E-state index contributed by atoms with van der Waals surface area (Å²) < 4.78 is 44.8. The van der Waals surface area contributed by atoms with Crippen LogP contribution >= 0.6 is 0 Å². The number of carbonyl (C=O) groups excluding carboxylic acids is 1. The van der Waals surface area contributed by atoms with Gasteiger partial charge in [0.1, 0.15) is 0 Å². The van der Waals surface area contributed by atoms with Gasteiger partial charge in [0.25, 0.3) is 0 Å². The largest absolute Gasteiger partial charge is 0.416 e. The fourth-order valence-electron chi connectivity index (χ4n) is 4.90. The first-order valence-electron chi connectivity index (χ1n) is 11.8. The van der Waals surface area contributed by atoms with Crippen molar-refractivity contribution in [3.05, 3.63) is 28.8 Å². The van der Waals surface area contributed by atoms with Crippen LogP contribution in [0.2, 0.25) is 0 Å². The van der Waals surface area contributed by atoms with E-state index in [1.165, 1.54) is 6.42 Å². The lowest BCUT2D eigenvalue weighted by Crippen LogP contribution is -2.42. The Bertz CT molecular complexity index is 778. The number of benzene rings is 1. The number of rotatable bonds is 3. The highest BCUT2D eigenvalue weighted by molar-refractivity contribution is 5.79. The second-order valence-corrected chi connectivity index (χ2v) is 9.18. The van der Waals surface area contributed by atoms with Crippen LogP contribution in [0.15, 0.2) is 12.1 Å². The lowest BCUT2D eigenvalue weighted by Gasteiger charge is -2.32. The molecule has 2 atom stereocenters. The van der Waals surface area contributed by atoms with Crippen molar-refractivity contribution in [2.45, 2.75) is 83.6 Å². The number of hydrogen-bond donors (Lipinski definition) is 2. The highest BCUT2D eigenvalue weighted by Crippen LogP contribution is 2.36. The van der Waals surface area contributed by atoms with E-state index >= 15 is 0 Å². The molecule has 2 fully saturated rings. The molecule has 1 amide bonds. The Labute approximate surface area is 188 Å². The molecule has 3 aliphatic rings. The SMILES string of the molecule is CCC.Nc1cc(C(F)(F)F)cc2c1CCN(C(=O)C1CCC(NC3CCOCC3)C1)C2. The smallest absolute Gasteiger partial charge is 0.398 e. The van der Waals surface area contributed by atoms with E-state index in [9.17, 15) is 18.0 Å². The van der Waals surface area contributed by atoms with Crippen LogP contribution in [0.3, 0.4) is 0 Å². The van der Waals surface area contributed by atoms with Gasteiger partial charge in [-0.15, -0.1) is 0 Å². The maximum absolute atomic E-state index is 13.1. The molecule has 4 rings (SSSR count). The molecule has 0 bridgehead atoms. The fourth-order valence-corrected chi connectivity index (χ4v) is 4.90. The van der Waals surface area contributed by atoms with Crippen molar-refractivity contribution in [2.24, 2.45) is 5.92 Å². The molecule has 5 nitrogen and oxygen atoms in total. The molecule has 1 aromatic carbocycles. The third-order valence-electron chi connectivity index (χ3n) is 6.48. The quantitative estimate of drug-likeness (QED) is 0.658. The van der Waals surface area contributed by atoms with Gasteiger partial charge < -0.3 is 20.7 Å². The minimum Gasteiger partial charge on any atom is -0.398 e. The van der Waals surface area contributed by atoms with Crippen LogP contribution in [0.1, 0.15) is 69.1 Å². The van der Waals surface area contributed by atoms with Gasteiger partial charge in [0.2, 0.25) is 5.91 Å². The maximum Gasteiger partial charge on any atom is 0.416 e. The average Bonchev–Trinajstić information content (AvgIpc) is 3.22. The summed E-state index contributed by atoms with van der Waals surface area (Å²) in [6.45, 7) is 6.53. The topological polar surface area (TPSA) is 67.6 Å². The molecule has 1 aromatic rings. The Kier molecular flexibility index (Phi) is 8.44. The van der Waals surface area contributed by atoms with Crippen LogP contribution in [0, 0.1) is 5.92 Å². The second kappa shape index (κ2) is 10.9. The number of anilines is 1. The van der Waals surface area contributed by atoms with E-state index in [4.69, 9.17) is 10.5 Å². The molecule has 1 saturated carbocycles. The standard InChI is InChI=1S/C21H28F3N3O2.C3H8/c22-21(23,24)15-9-14-12-27(6-3-18(14)19(25)11-15)20(28)13-1-2-17(10-13)26-16-4-7-29-8-5-16;1-3-2/h9,11,13,16-17,26H,1-8,10,12,25H2;3H2,1-2H3. The van der Waals surface area contributed by atoms with E-state index < -0.39 is 11.7 Å². The first-order valence-corrected chi connectivity index (χ1v) is 11.8. The van der Waals surface area contributed by atoms with E-state index in [-0.39, 0.29) is 24.1 Å². The van der Waals surface area contributed by atoms with Crippen molar-refractivity contribution < 1.29 is 22.7 Å². The summed E-state index contributed by atoms with van der Waals surface area (Å²) in [5, 5.41) is 3.66. The Hall–Kier alpha value is -1.80. The summed E-state index contributed by atoms with van der Waals surface area (Å²) >= 11 is 0. The first kappa shape index (κ1) is 24.8. The third-order valence-corrected chi connectivity index (χ3v) is 6.48. The number of nitrogen functional groups attached to an aromatic ring is 1. The Balaban J connectivity index is 0.000000913. The highest BCUT2D eigenvalue weighted by Gasteiger charge is 2.36. The number of carbonyl (C=O) groups is 1. The van der Waals surface area contributed by atoms with Crippen molar-refractivity contribution in [1.29, 1.82) is 0 Å². The number of nitrogens with one attached hydrogen (secondary N) is 1. The first-order chi connectivity index (χ1) is 15.2. The number of fused-ring (bicyclic) bond motifs is 1. The lowest BCUT2D eigenvalue weighted by molar-refractivity contribution is -0.137. The molecule has 2 unspecified atom stereocenters. The molecule has 32 heavy (non-hydrogen) atoms. The predicted molar refractivity (Wildman–Crippen MR) is 119 cm³/mol. The molecular weight excluding hydrogens is 419 g/mol. The van der Waals surface area contributed by atoms with Crippen molar-refractivity contribution in [3.63, 3.8) is 0 Å². The number of nitrogens with zero attached hydrogens (tertiary/aromatic N) is 1. The van der Waals surface area contributed by atoms with Gasteiger partial charge >= 0.3 is 6.18 Å². The molecular formula is C24H36F3N3O2. The zero-order chi connectivity index (χ0) is 23.3.